The van der Waals surface area contributed by atoms with Crippen molar-refractivity contribution in [3.63, 3.8) is 0 Å². The van der Waals surface area contributed by atoms with E-state index in [4.69, 9.17) is 0 Å². The van der Waals surface area contributed by atoms with Gasteiger partial charge in [-0.1, -0.05) is 69.7 Å². The molecule has 3 aliphatic heterocycles. The summed E-state index contributed by atoms with van der Waals surface area (Å²) in [5.74, 6) is 0.865. The molecule has 1 aliphatic carbocycles. The predicted octanol–water partition coefficient (Wildman–Crippen LogP) is 4.71. The van der Waals surface area contributed by atoms with Gasteiger partial charge in [0.05, 0.1) is 0 Å². The quantitative estimate of drug-likeness (QED) is 0.525. The number of hydrogen-bond donors (Lipinski definition) is 1. The Bertz CT molecular complexity index is 896. The van der Waals surface area contributed by atoms with E-state index in [2.05, 4.69) is 46.3 Å². The molecule has 3 saturated heterocycles. The third-order valence-corrected chi connectivity index (χ3v) is 9.56. The molecule has 4 fully saturated rings. The van der Waals surface area contributed by atoms with Crippen LogP contribution in [0.4, 0.5) is 0 Å². The van der Waals surface area contributed by atoms with Crippen molar-refractivity contribution in [2.45, 2.75) is 109 Å². The topological polar surface area (TPSA) is 55.9 Å². The van der Waals surface area contributed by atoms with E-state index in [-0.39, 0.29) is 17.9 Å². The molecule has 3 heterocycles. The molecule has 1 N–H and O–H groups in total. The number of carbonyl (C=O) groups is 2. The molecule has 5 rings (SSSR count). The number of amides is 2. The second kappa shape index (κ2) is 12.3. The van der Waals surface area contributed by atoms with E-state index in [1.807, 2.05) is 4.90 Å². The summed E-state index contributed by atoms with van der Waals surface area (Å²) in [5.41, 5.74) is 2.07. The number of hydrogen-bond acceptors (Lipinski definition) is 4. The molecule has 1 aromatic rings. The van der Waals surface area contributed by atoms with Crippen LogP contribution in [0.3, 0.4) is 0 Å². The first-order valence-electron chi connectivity index (χ1n) is 15.2. The highest BCUT2D eigenvalue weighted by molar-refractivity contribution is 6.00. The van der Waals surface area contributed by atoms with Gasteiger partial charge < -0.3 is 10.2 Å². The van der Waals surface area contributed by atoms with Crippen molar-refractivity contribution in [3.05, 3.63) is 35.4 Å². The Kier molecular flexibility index (Phi) is 8.86. The minimum atomic E-state index is -0.661. The van der Waals surface area contributed by atoms with Crippen LogP contribution in [0.15, 0.2) is 24.3 Å². The number of likely N-dealkylation sites (tertiary alicyclic amines) is 2. The fourth-order valence-electron chi connectivity index (χ4n) is 7.22. The van der Waals surface area contributed by atoms with Crippen molar-refractivity contribution in [1.29, 1.82) is 0 Å². The van der Waals surface area contributed by atoms with Gasteiger partial charge in [0.1, 0.15) is 11.6 Å². The Hall–Kier alpha value is -1.92. The lowest BCUT2D eigenvalue weighted by atomic mass is 9.79. The van der Waals surface area contributed by atoms with Gasteiger partial charge in [-0.25, -0.2) is 0 Å². The van der Waals surface area contributed by atoms with Crippen LogP contribution in [-0.2, 0) is 22.7 Å². The van der Waals surface area contributed by atoms with Gasteiger partial charge >= 0.3 is 0 Å². The molecule has 0 unspecified atom stereocenters. The monoisotopic (exact) mass is 508 g/mol. The Morgan fingerprint density at radius 3 is 2.03 bits per heavy atom. The molecule has 37 heavy (non-hydrogen) atoms. The Balaban J connectivity index is 1.19. The van der Waals surface area contributed by atoms with Crippen molar-refractivity contribution < 1.29 is 9.59 Å². The summed E-state index contributed by atoms with van der Waals surface area (Å²) in [5, 5.41) is 3.23. The van der Waals surface area contributed by atoms with Crippen molar-refractivity contribution in [1.82, 2.24) is 20.0 Å². The average molecular weight is 509 g/mol. The van der Waals surface area contributed by atoms with E-state index in [1.54, 1.807) is 0 Å². The maximum Gasteiger partial charge on any atom is 0.246 e. The normalized spacial score (nSPS) is 25.6. The molecule has 4 aliphatic rings. The maximum absolute atomic E-state index is 13.7. The summed E-state index contributed by atoms with van der Waals surface area (Å²) in [6.07, 6.45) is 13.2. The smallest absolute Gasteiger partial charge is 0.246 e. The van der Waals surface area contributed by atoms with Crippen molar-refractivity contribution in [2.24, 2.45) is 5.92 Å². The summed E-state index contributed by atoms with van der Waals surface area (Å²) in [6, 6.07) is 8.79. The van der Waals surface area contributed by atoms with Crippen molar-refractivity contribution >= 4 is 11.8 Å². The highest BCUT2D eigenvalue weighted by Gasteiger charge is 2.53. The van der Waals surface area contributed by atoms with Gasteiger partial charge in [0.15, 0.2) is 0 Å². The Morgan fingerprint density at radius 1 is 0.838 bits per heavy atom. The van der Waals surface area contributed by atoms with Crippen LogP contribution in [0.25, 0.3) is 0 Å². The second-order valence-corrected chi connectivity index (χ2v) is 12.2. The molecule has 204 valence electrons. The average Bonchev–Trinajstić information content (AvgIpc) is 3.43. The Labute approximate surface area is 224 Å². The summed E-state index contributed by atoms with van der Waals surface area (Å²) in [6.45, 7) is 9.01. The number of unbranched alkanes of at least 4 members (excludes halogenated alkanes) is 1. The summed E-state index contributed by atoms with van der Waals surface area (Å²) in [7, 11) is 0. The van der Waals surface area contributed by atoms with Crippen LogP contribution in [0.2, 0.25) is 0 Å². The van der Waals surface area contributed by atoms with E-state index in [9.17, 15) is 9.59 Å². The van der Waals surface area contributed by atoms with E-state index < -0.39 is 5.54 Å². The van der Waals surface area contributed by atoms with Crippen LogP contribution in [-0.4, -0.2) is 70.8 Å². The molecule has 0 bridgehead atoms. The molecule has 1 saturated carbocycles. The SMILES string of the molecule is CCCCN1C(=O)[C@H](CC2CCCCC2)NC(=O)C12CCN(Cc1ccc(CN3CCCC3)cc1)CC2. The predicted molar refractivity (Wildman–Crippen MR) is 148 cm³/mol. The number of piperidine rings is 1. The first kappa shape index (κ1) is 26.7. The van der Waals surface area contributed by atoms with Gasteiger partial charge in [-0.3, -0.25) is 19.4 Å². The van der Waals surface area contributed by atoms with E-state index in [0.29, 0.717) is 12.5 Å². The zero-order valence-corrected chi connectivity index (χ0v) is 23.1. The van der Waals surface area contributed by atoms with Gasteiger partial charge in [0.25, 0.3) is 0 Å². The minimum Gasteiger partial charge on any atom is -0.342 e. The fraction of sp³-hybridized carbons (Fsp3) is 0.742. The molecule has 6 nitrogen and oxygen atoms in total. The van der Waals surface area contributed by atoms with Gasteiger partial charge in [-0.05, 0) is 68.7 Å². The molecule has 0 radical (unpaired) electrons. The Morgan fingerprint density at radius 2 is 1.43 bits per heavy atom. The third kappa shape index (κ3) is 6.22. The van der Waals surface area contributed by atoms with Gasteiger partial charge in [0, 0.05) is 32.7 Å². The van der Waals surface area contributed by atoms with Crippen LogP contribution < -0.4 is 5.32 Å². The lowest BCUT2D eigenvalue weighted by Crippen LogP contribution is -2.73. The first-order chi connectivity index (χ1) is 18.1. The van der Waals surface area contributed by atoms with E-state index in [1.165, 1.54) is 69.2 Å². The molecule has 2 amide bonds. The second-order valence-electron chi connectivity index (χ2n) is 12.2. The minimum absolute atomic E-state index is 0.106. The lowest BCUT2D eigenvalue weighted by molar-refractivity contribution is -0.162. The lowest BCUT2D eigenvalue weighted by Gasteiger charge is -2.52. The highest BCUT2D eigenvalue weighted by atomic mass is 16.2. The molecule has 1 atom stereocenters. The largest absolute Gasteiger partial charge is 0.342 e. The number of piperazine rings is 1. The molecule has 0 aromatic heterocycles. The molecule has 1 spiro atoms. The number of nitrogens with one attached hydrogen (secondary N) is 1. The van der Waals surface area contributed by atoms with Crippen molar-refractivity contribution in [2.75, 3.05) is 32.7 Å². The molecule has 6 heteroatoms. The molecular weight excluding hydrogens is 460 g/mol. The fourth-order valence-corrected chi connectivity index (χ4v) is 7.22. The number of benzene rings is 1. The standard InChI is InChI=1S/C31H48N4O2/c1-2-3-19-35-29(36)28(22-25-9-5-4-6-10-25)32-30(37)31(35)15-20-34(21-16-31)24-27-13-11-26(12-14-27)23-33-17-7-8-18-33/h11-14,25,28H,2-10,15-24H2,1H3,(H,32,37)/t28-/m0/s1. The van der Waals surface area contributed by atoms with Crippen LogP contribution >= 0.6 is 0 Å². The van der Waals surface area contributed by atoms with Crippen LogP contribution in [0, 0.1) is 5.92 Å². The van der Waals surface area contributed by atoms with Crippen LogP contribution in [0.5, 0.6) is 0 Å². The summed E-state index contributed by atoms with van der Waals surface area (Å²) in [4.78, 5) is 34.4. The summed E-state index contributed by atoms with van der Waals surface area (Å²) >= 11 is 0. The van der Waals surface area contributed by atoms with E-state index in [0.717, 1.165) is 58.3 Å². The van der Waals surface area contributed by atoms with Gasteiger partial charge in [-0.15, -0.1) is 0 Å². The zero-order valence-electron chi connectivity index (χ0n) is 23.1. The van der Waals surface area contributed by atoms with Crippen LogP contribution in [0.1, 0.15) is 95.1 Å². The summed E-state index contributed by atoms with van der Waals surface area (Å²) < 4.78 is 0. The molecule has 1 aromatic carbocycles. The number of carbonyl (C=O) groups excluding carboxylic acids is 2. The molecular formula is C31H48N4O2. The third-order valence-electron chi connectivity index (χ3n) is 9.56. The van der Waals surface area contributed by atoms with E-state index >= 15 is 0 Å². The first-order valence-corrected chi connectivity index (χ1v) is 15.2. The number of nitrogens with zero attached hydrogens (tertiary/aromatic N) is 3. The van der Waals surface area contributed by atoms with Gasteiger partial charge in [-0.2, -0.15) is 0 Å². The number of rotatable bonds is 9. The zero-order chi connectivity index (χ0) is 25.7. The highest BCUT2D eigenvalue weighted by Crippen LogP contribution is 2.36. The van der Waals surface area contributed by atoms with Gasteiger partial charge in [0.2, 0.25) is 11.8 Å². The van der Waals surface area contributed by atoms with Crippen molar-refractivity contribution in [3.8, 4) is 0 Å². The maximum atomic E-state index is 13.7.